The van der Waals surface area contributed by atoms with E-state index < -0.39 is 23.4 Å². The molecule has 0 aliphatic carbocycles. The van der Waals surface area contributed by atoms with Crippen LogP contribution in [0.15, 0.2) is 36.5 Å². The summed E-state index contributed by atoms with van der Waals surface area (Å²) in [4.78, 5) is 15.8. The van der Waals surface area contributed by atoms with Crippen molar-refractivity contribution in [2.24, 2.45) is 0 Å². The summed E-state index contributed by atoms with van der Waals surface area (Å²) in [6.45, 7) is 3.69. The summed E-state index contributed by atoms with van der Waals surface area (Å²) < 4.78 is 52.0. The number of phenols is 1. The highest BCUT2D eigenvalue weighted by Gasteiger charge is 2.32. The summed E-state index contributed by atoms with van der Waals surface area (Å²) in [5, 5.41) is 15.3. The maximum atomic E-state index is 13.3. The Morgan fingerprint density at radius 3 is 2.38 bits per heavy atom. The smallest absolute Gasteiger partial charge is 0.433 e. The fourth-order valence-electron chi connectivity index (χ4n) is 2.33. The summed E-state index contributed by atoms with van der Waals surface area (Å²) in [6.07, 6.45) is -3.59. The van der Waals surface area contributed by atoms with Crippen LogP contribution in [-0.4, -0.2) is 31.1 Å². The van der Waals surface area contributed by atoms with E-state index in [1.54, 1.807) is 0 Å². The number of hydrogen-bond acceptors (Lipinski definition) is 7. The van der Waals surface area contributed by atoms with Crippen LogP contribution in [0.25, 0.3) is 11.4 Å². The molecule has 29 heavy (non-hydrogen) atoms. The number of anilines is 3. The molecule has 152 valence electrons. The first-order valence-electron chi connectivity index (χ1n) is 8.43. The van der Waals surface area contributed by atoms with Crippen molar-refractivity contribution in [3.8, 4) is 17.1 Å². The van der Waals surface area contributed by atoms with Crippen molar-refractivity contribution in [1.29, 1.82) is 0 Å². The summed E-state index contributed by atoms with van der Waals surface area (Å²) in [5.41, 5.74) is -0.699. The van der Waals surface area contributed by atoms with Gasteiger partial charge in [-0.15, -0.1) is 0 Å². The molecule has 0 bridgehead atoms. The summed E-state index contributed by atoms with van der Waals surface area (Å²) in [5.74, 6) is -1.19. The zero-order chi connectivity index (χ0) is 21.2. The molecule has 7 nitrogen and oxygen atoms in total. The Kier molecular flexibility index (Phi) is 5.48. The lowest BCUT2D eigenvalue weighted by Gasteiger charge is -2.13. The van der Waals surface area contributed by atoms with Crippen molar-refractivity contribution in [2.75, 3.05) is 10.6 Å². The number of halogens is 4. The van der Waals surface area contributed by atoms with Gasteiger partial charge < -0.3 is 15.7 Å². The lowest BCUT2D eigenvalue weighted by atomic mass is 10.2. The fraction of sp³-hybridized carbons (Fsp3) is 0.222. The number of phenolic OH excluding ortho intramolecular Hbond substituents is 1. The van der Waals surface area contributed by atoms with Crippen LogP contribution in [0.3, 0.4) is 0 Å². The van der Waals surface area contributed by atoms with Crippen molar-refractivity contribution >= 4 is 17.6 Å². The van der Waals surface area contributed by atoms with Crippen molar-refractivity contribution < 1.29 is 22.7 Å². The number of alkyl halides is 3. The Balaban J connectivity index is 2.00. The molecule has 3 rings (SSSR count). The average molecular weight is 408 g/mol. The summed E-state index contributed by atoms with van der Waals surface area (Å²) in [6, 6.07) is 5.66. The number of rotatable bonds is 5. The Bertz CT molecular complexity index is 1030. The van der Waals surface area contributed by atoms with Gasteiger partial charge in [0.05, 0.1) is 0 Å². The van der Waals surface area contributed by atoms with E-state index in [0.29, 0.717) is 5.56 Å². The predicted octanol–water partition coefficient (Wildman–Crippen LogP) is 4.36. The van der Waals surface area contributed by atoms with Gasteiger partial charge in [0.1, 0.15) is 5.69 Å². The number of pyridine rings is 1. The van der Waals surface area contributed by atoms with E-state index >= 15 is 0 Å². The lowest BCUT2D eigenvalue weighted by molar-refractivity contribution is -0.141. The van der Waals surface area contributed by atoms with Gasteiger partial charge in [0, 0.05) is 23.5 Å². The van der Waals surface area contributed by atoms with Crippen molar-refractivity contribution in [1.82, 2.24) is 19.9 Å². The van der Waals surface area contributed by atoms with Gasteiger partial charge in [-0.1, -0.05) is 0 Å². The van der Waals surface area contributed by atoms with Gasteiger partial charge in [-0.3, -0.25) is 4.98 Å². The number of aromatic hydroxyl groups is 1. The molecule has 0 fully saturated rings. The summed E-state index contributed by atoms with van der Waals surface area (Å²) in [7, 11) is 0. The standard InChI is InChI=1S/C18H16F4N6O/c1-9(2)24-16-26-15(10-3-4-12(19)13(29)7-10)27-17(28-16)25-11-5-6-23-14(8-11)18(20,21)22/h3-9,29H,1-2H3,(H2,23,24,25,26,27,28). The van der Waals surface area contributed by atoms with Crippen molar-refractivity contribution in [2.45, 2.75) is 26.1 Å². The van der Waals surface area contributed by atoms with Crippen molar-refractivity contribution in [3.63, 3.8) is 0 Å². The second kappa shape index (κ2) is 7.86. The van der Waals surface area contributed by atoms with Crippen LogP contribution in [0.4, 0.5) is 35.1 Å². The van der Waals surface area contributed by atoms with E-state index in [4.69, 9.17) is 0 Å². The molecule has 3 aromatic rings. The molecule has 0 saturated carbocycles. The molecule has 0 amide bonds. The van der Waals surface area contributed by atoms with Gasteiger partial charge in [-0.05, 0) is 44.2 Å². The molecule has 0 unspecified atom stereocenters. The minimum absolute atomic E-state index is 0.0405. The van der Waals surface area contributed by atoms with Crippen LogP contribution in [-0.2, 0) is 6.18 Å². The fourth-order valence-corrected chi connectivity index (χ4v) is 2.33. The number of benzene rings is 1. The van der Waals surface area contributed by atoms with E-state index in [1.807, 2.05) is 13.8 Å². The third kappa shape index (κ3) is 5.06. The van der Waals surface area contributed by atoms with Gasteiger partial charge in [-0.25, -0.2) is 4.39 Å². The molecule has 0 atom stereocenters. The number of aromatic nitrogens is 4. The van der Waals surface area contributed by atoms with Crippen molar-refractivity contribution in [3.05, 3.63) is 48.0 Å². The minimum Gasteiger partial charge on any atom is -0.505 e. The highest BCUT2D eigenvalue weighted by atomic mass is 19.4. The van der Waals surface area contributed by atoms with Crippen LogP contribution >= 0.6 is 0 Å². The van der Waals surface area contributed by atoms with E-state index in [9.17, 15) is 22.7 Å². The molecule has 0 saturated heterocycles. The van der Waals surface area contributed by atoms with E-state index in [-0.39, 0.29) is 29.5 Å². The third-order valence-corrected chi connectivity index (χ3v) is 3.56. The van der Waals surface area contributed by atoms with E-state index in [0.717, 1.165) is 24.4 Å². The lowest BCUT2D eigenvalue weighted by Crippen LogP contribution is -2.14. The average Bonchev–Trinajstić information content (AvgIpc) is 2.63. The van der Waals surface area contributed by atoms with E-state index in [1.165, 1.54) is 12.1 Å². The SMILES string of the molecule is CC(C)Nc1nc(Nc2ccnc(C(F)(F)F)c2)nc(-c2ccc(F)c(O)c2)n1. The summed E-state index contributed by atoms with van der Waals surface area (Å²) >= 11 is 0. The predicted molar refractivity (Wildman–Crippen MR) is 98.2 cm³/mol. The molecule has 2 aromatic heterocycles. The monoisotopic (exact) mass is 408 g/mol. The minimum atomic E-state index is -4.60. The van der Waals surface area contributed by atoms with Gasteiger partial charge >= 0.3 is 6.18 Å². The van der Waals surface area contributed by atoms with Gasteiger partial charge in [0.25, 0.3) is 0 Å². The number of nitrogens with zero attached hydrogens (tertiary/aromatic N) is 4. The second-order valence-corrected chi connectivity index (χ2v) is 6.32. The van der Waals surface area contributed by atoms with Crippen LogP contribution in [0.5, 0.6) is 5.75 Å². The largest absolute Gasteiger partial charge is 0.505 e. The molecular weight excluding hydrogens is 392 g/mol. The maximum Gasteiger partial charge on any atom is 0.433 e. The normalized spacial score (nSPS) is 11.6. The van der Waals surface area contributed by atoms with Crippen LogP contribution in [0, 0.1) is 5.82 Å². The molecule has 2 heterocycles. The number of nitrogens with one attached hydrogen (secondary N) is 2. The molecule has 0 aliphatic rings. The van der Waals surface area contributed by atoms with Crippen LogP contribution < -0.4 is 10.6 Å². The molecule has 1 aromatic carbocycles. The Labute approximate surface area is 162 Å². The van der Waals surface area contributed by atoms with Crippen LogP contribution in [0.2, 0.25) is 0 Å². The molecule has 3 N–H and O–H groups in total. The van der Waals surface area contributed by atoms with Gasteiger partial charge in [-0.2, -0.15) is 28.1 Å². The highest BCUT2D eigenvalue weighted by Crippen LogP contribution is 2.30. The first kappa shape index (κ1) is 20.2. The molecule has 0 aliphatic heterocycles. The molecule has 0 radical (unpaired) electrons. The van der Waals surface area contributed by atoms with Crippen LogP contribution in [0.1, 0.15) is 19.5 Å². The van der Waals surface area contributed by atoms with E-state index in [2.05, 4.69) is 30.6 Å². The topological polar surface area (TPSA) is 95.9 Å². The Morgan fingerprint density at radius 1 is 1.00 bits per heavy atom. The molecule has 0 spiro atoms. The third-order valence-electron chi connectivity index (χ3n) is 3.56. The van der Waals surface area contributed by atoms with Gasteiger partial charge in [0.15, 0.2) is 17.4 Å². The zero-order valence-electron chi connectivity index (χ0n) is 15.3. The highest BCUT2D eigenvalue weighted by molar-refractivity contribution is 5.62. The maximum absolute atomic E-state index is 13.3. The molecular formula is C18H16F4N6O. The first-order chi connectivity index (χ1) is 13.6. The second-order valence-electron chi connectivity index (χ2n) is 6.32. The first-order valence-corrected chi connectivity index (χ1v) is 8.43. The quantitative estimate of drug-likeness (QED) is 0.540. The van der Waals surface area contributed by atoms with Gasteiger partial charge in [0.2, 0.25) is 11.9 Å². The zero-order valence-corrected chi connectivity index (χ0v) is 15.3. The number of hydrogen-bond donors (Lipinski definition) is 3. The Hall–Kier alpha value is -3.50. The molecule has 11 heteroatoms. The Morgan fingerprint density at radius 2 is 1.72 bits per heavy atom.